The van der Waals surface area contributed by atoms with Crippen molar-refractivity contribution in [2.24, 2.45) is 5.73 Å². The Labute approximate surface area is 104 Å². The fourth-order valence-electron chi connectivity index (χ4n) is 1.42. The summed E-state index contributed by atoms with van der Waals surface area (Å²) in [7, 11) is 2.14. The third kappa shape index (κ3) is 3.98. The normalized spacial score (nSPS) is 12.2. The standard InChI is InChI=1S/C11H18N2O3S/c1-15-10-4-6-13-9(11(10)16-2)8-17(14)7-3-5-12/h4,6H,3,5,7-8,12H2,1-2H3. The van der Waals surface area contributed by atoms with Crippen molar-refractivity contribution in [1.29, 1.82) is 0 Å². The van der Waals surface area contributed by atoms with E-state index in [1.165, 1.54) is 0 Å². The van der Waals surface area contributed by atoms with Gasteiger partial charge in [-0.15, -0.1) is 0 Å². The molecular weight excluding hydrogens is 240 g/mol. The average Bonchev–Trinajstić information content (AvgIpc) is 2.35. The van der Waals surface area contributed by atoms with E-state index in [9.17, 15) is 4.21 Å². The van der Waals surface area contributed by atoms with Gasteiger partial charge in [0.25, 0.3) is 0 Å². The van der Waals surface area contributed by atoms with Crippen LogP contribution in [0.15, 0.2) is 12.3 Å². The van der Waals surface area contributed by atoms with Gasteiger partial charge in [-0.3, -0.25) is 9.19 Å². The van der Waals surface area contributed by atoms with Gasteiger partial charge in [-0.2, -0.15) is 0 Å². The van der Waals surface area contributed by atoms with E-state index >= 15 is 0 Å². The summed E-state index contributed by atoms with van der Waals surface area (Å²) in [5.74, 6) is 2.10. The second-order valence-corrected chi connectivity index (χ2v) is 5.00. The smallest absolute Gasteiger partial charge is 0.183 e. The van der Waals surface area contributed by atoms with Crippen LogP contribution in [0.5, 0.6) is 11.5 Å². The van der Waals surface area contributed by atoms with E-state index in [4.69, 9.17) is 15.2 Å². The predicted molar refractivity (Wildman–Crippen MR) is 67.7 cm³/mol. The third-order valence-corrected chi connectivity index (χ3v) is 3.58. The van der Waals surface area contributed by atoms with Crippen molar-refractivity contribution in [2.45, 2.75) is 12.2 Å². The minimum Gasteiger partial charge on any atom is -0.493 e. The lowest BCUT2D eigenvalue weighted by Gasteiger charge is -2.11. The molecule has 0 spiro atoms. The van der Waals surface area contributed by atoms with Crippen LogP contribution in [0.4, 0.5) is 0 Å². The molecular formula is C11H18N2O3S. The molecule has 1 heterocycles. The van der Waals surface area contributed by atoms with Gasteiger partial charge in [0, 0.05) is 28.8 Å². The Morgan fingerprint density at radius 3 is 2.76 bits per heavy atom. The van der Waals surface area contributed by atoms with Crippen LogP contribution in [-0.4, -0.2) is 35.7 Å². The highest BCUT2D eigenvalue weighted by Crippen LogP contribution is 2.29. The zero-order valence-corrected chi connectivity index (χ0v) is 11.0. The average molecular weight is 258 g/mol. The molecule has 0 bridgehead atoms. The topological polar surface area (TPSA) is 74.4 Å². The molecule has 1 unspecified atom stereocenters. The zero-order chi connectivity index (χ0) is 12.7. The van der Waals surface area contributed by atoms with Crippen LogP contribution in [0.3, 0.4) is 0 Å². The van der Waals surface area contributed by atoms with Crippen LogP contribution >= 0.6 is 0 Å². The fraction of sp³-hybridized carbons (Fsp3) is 0.545. The fourth-order valence-corrected chi connectivity index (χ4v) is 2.57. The summed E-state index contributed by atoms with van der Waals surface area (Å²) in [5, 5.41) is 0. The number of hydrogen-bond donors (Lipinski definition) is 1. The minimum absolute atomic E-state index is 0.361. The Morgan fingerprint density at radius 2 is 2.18 bits per heavy atom. The minimum atomic E-state index is -0.971. The Hall–Kier alpha value is -1.14. The molecule has 1 atom stereocenters. The van der Waals surface area contributed by atoms with Crippen LogP contribution < -0.4 is 15.2 Å². The first kappa shape index (κ1) is 13.9. The first-order valence-electron chi connectivity index (χ1n) is 5.33. The van der Waals surface area contributed by atoms with Crippen LogP contribution in [0.25, 0.3) is 0 Å². The van der Waals surface area contributed by atoms with Gasteiger partial charge >= 0.3 is 0 Å². The molecule has 1 aromatic rings. The van der Waals surface area contributed by atoms with Gasteiger partial charge < -0.3 is 15.2 Å². The molecule has 0 radical (unpaired) electrons. The van der Waals surface area contributed by atoms with Crippen molar-refractivity contribution in [3.05, 3.63) is 18.0 Å². The number of pyridine rings is 1. The number of methoxy groups -OCH3 is 2. The van der Waals surface area contributed by atoms with Gasteiger partial charge in [0.1, 0.15) is 0 Å². The van der Waals surface area contributed by atoms with E-state index < -0.39 is 10.8 Å². The van der Waals surface area contributed by atoms with Gasteiger partial charge in [0.15, 0.2) is 11.5 Å². The summed E-state index contributed by atoms with van der Waals surface area (Å²) >= 11 is 0. The molecule has 0 saturated heterocycles. The van der Waals surface area contributed by atoms with Crippen LogP contribution in [0, 0.1) is 0 Å². The molecule has 0 aliphatic heterocycles. The number of rotatable bonds is 7. The second kappa shape index (κ2) is 7.24. The first-order chi connectivity index (χ1) is 8.22. The molecule has 17 heavy (non-hydrogen) atoms. The molecule has 0 aliphatic rings. The van der Waals surface area contributed by atoms with Gasteiger partial charge in [-0.05, 0) is 13.0 Å². The highest BCUT2D eigenvalue weighted by atomic mass is 32.2. The second-order valence-electron chi connectivity index (χ2n) is 3.42. The summed E-state index contributed by atoms with van der Waals surface area (Å²) in [6.45, 7) is 0.550. The summed E-state index contributed by atoms with van der Waals surface area (Å²) in [4.78, 5) is 4.18. The number of hydrogen-bond acceptors (Lipinski definition) is 5. The SMILES string of the molecule is COc1ccnc(CS(=O)CCCN)c1OC. The van der Waals surface area contributed by atoms with Gasteiger partial charge in [-0.25, -0.2) is 0 Å². The summed E-state index contributed by atoms with van der Waals surface area (Å²) in [6, 6.07) is 1.71. The van der Waals surface area contributed by atoms with Gasteiger partial charge in [0.2, 0.25) is 0 Å². The monoisotopic (exact) mass is 258 g/mol. The maximum atomic E-state index is 11.8. The number of ether oxygens (including phenoxy) is 2. The van der Waals surface area contributed by atoms with E-state index in [1.54, 1.807) is 26.5 Å². The Balaban J connectivity index is 2.79. The molecule has 0 aromatic carbocycles. The highest BCUT2D eigenvalue weighted by Gasteiger charge is 2.13. The van der Waals surface area contributed by atoms with Crippen molar-refractivity contribution in [3.63, 3.8) is 0 Å². The van der Waals surface area contributed by atoms with Crippen molar-refractivity contribution in [2.75, 3.05) is 26.5 Å². The van der Waals surface area contributed by atoms with Gasteiger partial charge in [0.05, 0.1) is 25.7 Å². The Bertz CT molecular complexity index is 385. The summed E-state index contributed by atoms with van der Waals surface area (Å²) in [6.07, 6.45) is 2.37. The third-order valence-electron chi connectivity index (χ3n) is 2.24. The maximum absolute atomic E-state index is 11.8. The van der Waals surface area contributed by atoms with E-state index in [0.717, 1.165) is 6.42 Å². The molecule has 1 rings (SSSR count). The molecule has 0 aliphatic carbocycles. The Morgan fingerprint density at radius 1 is 1.41 bits per heavy atom. The van der Waals surface area contributed by atoms with Crippen LogP contribution in [0.1, 0.15) is 12.1 Å². The van der Waals surface area contributed by atoms with Crippen molar-refractivity contribution in [1.82, 2.24) is 4.98 Å². The number of nitrogens with two attached hydrogens (primary N) is 1. The molecule has 5 nitrogen and oxygen atoms in total. The van der Waals surface area contributed by atoms with Crippen molar-refractivity contribution >= 4 is 10.8 Å². The van der Waals surface area contributed by atoms with Crippen LogP contribution in [-0.2, 0) is 16.6 Å². The summed E-state index contributed by atoms with van der Waals surface area (Å²) in [5.41, 5.74) is 6.03. The molecule has 1 aromatic heterocycles. The van der Waals surface area contributed by atoms with E-state index in [0.29, 0.717) is 35.2 Å². The molecule has 0 saturated carbocycles. The zero-order valence-electron chi connectivity index (χ0n) is 10.1. The van der Waals surface area contributed by atoms with Crippen LogP contribution in [0.2, 0.25) is 0 Å². The quantitative estimate of drug-likeness (QED) is 0.779. The predicted octanol–water partition coefficient (Wildman–Crippen LogP) is 0.696. The Kier molecular flexibility index (Phi) is 5.93. The largest absolute Gasteiger partial charge is 0.493 e. The molecule has 96 valence electrons. The molecule has 0 fully saturated rings. The molecule has 2 N–H and O–H groups in total. The lowest BCUT2D eigenvalue weighted by Crippen LogP contribution is -2.09. The molecule has 0 amide bonds. The van der Waals surface area contributed by atoms with Crippen molar-refractivity contribution in [3.8, 4) is 11.5 Å². The number of nitrogens with zero attached hydrogens (tertiary/aromatic N) is 1. The van der Waals surface area contributed by atoms with Gasteiger partial charge in [-0.1, -0.05) is 0 Å². The lowest BCUT2D eigenvalue weighted by molar-refractivity contribution is 0.350. The number of aromatic nitrogens is 1. The maximum Gasteiger partial charge on any atom is 0.183 e. The molecule has 6 heteroatoms. The summed E-state index contributed by atoms with van der Waals surface area (Å²) < 4.78 is 22.1. The van der Waals surface area contributed by atoms with E-state index in [1.807, 2.05) is 0 Å². The first-order valence-corrected chi connectivity index (χ1v) is 6.82. The highest BCUT2D eigenvalue weighted by molar-refractivity contribution is 7.84. The van der Waals surface area contributed by atoms with Crippen molar-refractivity contribution < 1.29 is 13.7 Å². The van der Waals surface area contributed by atoms with E-state index in [-0.39, 0.29) is 0 Å². The lowest BCUT2D eigenvalue weighted by atomic mass is 10.3. The van der Waals surface area contributed by atoms with E-state index in [2.05, 4.69) is 4.98 Å².